The molecule has 0 saturated carbocycles. The molecule has 3 rings (SSSR count). The predicted molar refractivity (Wildman–Crippen MR) is 106 cm³/mol. The van der Waals surface area contributed by atoms with Crippen LogP contribution < -0.4 is 14.8 Å². The highest BCUT2D eigenvalue weighted by atomic mass is 16.5. The Kier molecular flexibility index (Phi) is 6.64. The van der Waals surface area contributed by atoms with Gasteiger partial charge in [-0.15, -0.1) is 0 Å². The predicted octanol–water partition coefficient (Wildman–Crippen LogP) is 3.95. The summed E-state index contributed by atoms with van der Waals surface area (Å²) in [6.07, 6.45) is 0. The number of benzene rings is 3. The molecule has 0 heterocycles. The molecule has 0 aliphatic carbocycles. The third kappa shape index (κ3) is 5.36. The second-order valence-corrected chi connectivity index (χ2v) is 6.00. The maximum atomic E-state index is 12.5. The Labute approximate surface area is 164 Å². The highest BCUT2D eigenvalue weighted by Gasteiger charge is 2.11. The van der Waals surface area contributed by atoms with Crippen LogP contribution >= 0.6 is 0 Å². The third-order valence-corrected chi connectivity index (χ3v) is 4.02. The molecule has 0 spiro atoms. The van der Waals surface area contributed by atoms with E-state index in [0.717, 1.165) is 5.56 Å². The molecule has 0 atom stereocenters. The molecule has 3 aromatic rings. The average Bonchev–Trinajstić information content (AvgIpc) is 2.76. The molecule has 1 N–H and O–H groups in total. The Bertz CT molecular complexity index is 948. The first kappa shape index (κ1) is 19.0. The molecule has 0 aliphatic heterocycles. The molecule has 0 unspecified atom stereocenters. The molecule has 0 aliphatic rings. The summed E-state index contributed by atoms with van der Waals surface area (Å²) in [6, 6.07) is 25.8. The topological polar surface area (TPSA) is 71.3 Å². The normalized spacial score (nSPS) is 9.96. The van der Waals surface area contributed by atoms with Gasteiger partial charge in [0.25, 0.3) is 5.91 Å². The minimum absolute atomic E-state index is 0.188. The fourth-order valence-electron chi connectivity index (χ4n) is 2.59. The number of rotatable bonds is 8. The zero-order valence-electron chi connectivity index (χ0n) is 15.3. The van der Waals surface area contributed by atoms with Crippen LogP contribution in [0.3, 0.4) is 0 Å². The lowest BCUT2D eigenvalue weighted by atomic mass is 10.1. The maximum absolute atomic E-state index is 12.5. The van der Waals surface area contributed by atoms with Crippen LogP contribution in [0.5, 0.6) is 11.5 Å². The quantitative estimate of drug-likeness (QED) is 0.608. The molecule has 0 radical (unpaired) electrons. The van der Waals surface area contributed by atoms with Crippen LogP contribution in [-0.2, 0) is 6.54 Å². The van der Waals surface area contributed by atoms with Gasteiger partial charge in [0.2, 0.25) is 0 Å². The summed E-state index contributed by atoms with van der Waals surface area (Å²) >= 11 is 0. The van der Waals surface area contributed by atoms with Gasteiger partial charge in [-0.1, -0.05) is 42.5 Å². The number of nitrogens with zero attached hydrogens (tertiary/aromatic N) is 1. The second kappa shape index (κ2) is 9.79. The zero-order chi connectivity index (χ0) is 19.6. The minimum atomic E-state index is -0.188. The molecule has 0 bridgehead atoms. The van der Waals surface area contributed by atoms with Crippen molar-refractivity contribution < 1.29 is 14.3 Å². The highest BCUT2D eigenvalue weighted by molar-refractivity contribution is 5.96. The average molecular weight is 372 g/mol. The summed E-state index contributed by atoms with van der Waals surface area (Å²) in [6.45, 7) is 1.07. The number of carbonyl (C=O) groups excluding carboxylic acids is 1. The Morgan fingerprint density at radius 2 is 1.54 bits per heavy atom. The number of ether oxygens (including phenoxy) is 2. The van der Waals surface area contributed by atoms with Crippen LogP contribution in [0.15, 0.2) is 78.9 Å². The molecule has 3 aromatic carbocycles. The Morgan fingerprint density at radius 3 is 2.29 bits per heavy atom. The van der Waals surface area contributed by atoms with Crippen molar-refractivity contribution in [3.63, 3.8) is 0 Å². The van der Waals surface area contributed by atoms with Crippen molar-refractivity contribution >= 4 is 5.91 Å². The molecule has 1 amide bonds. The number of carbonyl (C=O) groups is 1. The van der Waals surface area contributed by atoms with E-state index < -0.39 is 0 Å². The van der Waals surface area contributed by atoms with Gasteiger partial charge in [0.1, 0.15) is 24.7 Å². The molecular weight excluding hydrogens is 352 g/mol. The molecule has 0 aromatic heterocycles. The number of hydrogen-bond acceptors (Lipinski definition) is 4. The van der Waals surface area contributed by atoms with Gasteiger partial charge in [-0.2, -0.15) is 5.26 Å². The summed E-state index contributed by atoms with van der Waals surface area (Å²) in [7, 11) is 0. The van der Waals surface area contributed by atoms with Gasteiger partial charge in [-0.25, -0.2) is 0 Å². The van der Waals surface area contributed by atoms with E-state index in [2.05, 4.69) is 11.4 Å². The summed E-state index contributed by atoms with van der Waals surface area (Å²) in [4.78, 5) is 12.5. The first-order valence-corrected chi connectivity index (χ1v) is 8.93. The van der Waals surface area contributed by atoms with Crippen LogP contribution in [0.1, 0.15) is 21.5 Å². The lowest BCUT2D eigenvalue weighted by molar-refractivity contribution is 0.0945. The van der Waals surface area contributed by atoms with Crippen molar-refractivity contribution in [1.29, 1.82) is 5.26 Å². The van der Waals surface area contributed by atoms with E-state index in [1.165, 1.54) is 0 Å². The van der Waals surface area contributed by atoms with Gasteiger partial charge >= 0.3 is 0 Å². The van der Waals surface area contributed by atoms with E-state index in [1.54, 1.807) is 42.5 Å². The number of amides is 1. The van der Waals surface area contributed by atoms with Crippen LogP contribution in [0, 0.1) is 11.3 Å². The molecule has 140 valence electrons. The van der Waals surface area contributed by atoms with Crippen LogP contribution in [0.2, 0.25) is 0 Å². The van der Waals surface area contributed by atoms with E-state index in [-0.39, 0.29) is 5.91 Å². The molecule has 0 saturated heterocycles. The van der Waals surface area contributed by atoms with Crippen molar-refractivity contribution in [2.75, 3.05) is 13.2 Å². The number of nitriles is 1. The van der Waals surface area contributed by atoms with Crippen molar-refractivity contribution in [2.45, 2.75) is 6.54 Å². The largest absolute Gasteiger partial charge is 0.490 e. The zero-order valence-corrected chi connectivity index (χ0v) is 15.3. The van der Waals surface area contributed by atoms with Crippen LogP contribution in [0.4, 0.5) is 0 Å². The SMILES string of the molecule is N#Cc1ccc(OCCOc2ccccc2C(=O)NCc2ccccc2)cc1. The summed E-state index contributed by atoms with van der Waals surface area (Å²) in [5, 5.41) is 11.7. The van der Waals surface area contributed by atoms with Gasteiger partial charge in [-0.05, 0) is 42.0 Å². The van der Waals surface area contributed by atoms with E-state index >= 15 is 0 Å². The Morgan fingerprint density at radius 1 is 0.857 bits per heavy atom. The van der Waals surface area contributed by atoms with Gasteiger partial charge in [0.15, 0.2) is 0 Å². The molecule has 0 fully saturated rings. The monoisotopic (exact) mass is 372 g/mol. The number of hydrogen-bond donors (Lipinski definition) is 1. The Hall–Kier alpha value is -3.78. The Balaban J connectivity index is 1.51. The first-order valence-electron chi connectivity index (χ1n) is 8.93. The summed E-state index contributed by atoms with van der Waals surface area (Å²) < 4.78 is 11.3. The van der Waals surface area contributed by atoms with Crippen molar-refractivity contribution in [3.05, 3.63) is 95.6 Å². The molecule has 5 heteroatoms. The van der Waals surface area contributed by atoms with Crippen molar-refractivity contribution in [1.82, 2.24) is 5.32 Å². The summed E-state index contributed by atoms with van der Waals surface area (Å²) in [5.74, 6) is 0.987. The van der Waals surface area contributed by atoms with E-state index in [9.17, 15) is 4.79 Å². The number of para-hydroxylation sites is 1. The van der Waals surface area contributed by atoms with Gasteiger partial charge < -0.3 is 14.8 Å². The molecule has 5 nitrogen and oxygen atoms in total. The van der Waals surface area contributed by atoms with Gasteiger partial charge in [0, 0.05) is 6.54 Å². The lowest BCUT2D eigenvalue weighted by Gasteiger charge is -2.12. The van der Waals surface area contributed by atoms with Crippen molar-refractivity contribution in [2.24, 2.45) is 0 Å². The fraction of sp³-hybridized carbons (Fsp3) is 0.130. The molecular formula is C23H20N2O3. The highest BCUT2D eigenvalue weighted by Crippen LogP contribution is 2.18. The first-order chi connectivity index (χ1) is 13.8. The maximum Gasteiger partial charge on any atom is 0.255 e. The third-order valence-electron chi connectivity index (χ3n) is 4.02. The van der Waals surface area contributed by atoms with E-state index in [0.29, 0.717) is 42.4 Å². The van der Waals surface area contributed by atoms with Gasteiger partial charge in [-0.3, -0.25) is 4.79 Å². The second-order valence-electron chi connectivity index (χ2n) is 6.00. The van der Waals surface area contributed by atoms with Crippen LogP contribution in [-0.4, -0.2) is 19.1 Å². The van der Waals surface area contributed by atoms with E-state index in [1.807, 2.05) is 36.4 Å². The van der Waals surface area contributed by atoms with Gasteiger partial charge in [0.05, 0.1) is 17.2 Å². The number of nitrogens with one attached hydrogen (secondary N) is 1. The minimum Gasteiger partial charge on any atom is -0.490 e. The lowest BCUT2D eigenvalue weighted by Crippen LogP contribution is -2.23. The van der Waals surface area contributed by atoms with Crippen molar-refractivity contribution in [3.8, 4) is 17.6 Å². The molecule has 28 heavy (non-hydrogen) atoms. The van der Waals surface area contributed by atoms with E-state index in [4.69, 9.17) is 14.7 Å². The fourth-order valence-corrected chi connectivity index (χ4v) is 2.59. The summed E-state index contributed by atoms with van der Waals surface area (Å²) in [5.41, 5.74) is 2.10. The van der Waals surface area contributed by atoms with Crippen LogP contribution in [0.25, 0.3) is 0 Å². The smallest absolute Gasteiger partial charge is 0.255 e. The standard InChI is InChI=1S/C23H20N2O3/c24-16-18-10-12-20(13-11-18)27-14-15-28-22-9-5-4-8-21(22)23(26)25-17-19-6-2-1-3-7-19/h1-13H,14-15,17H2,(H,25,26).